The van der Waals surface area contributed by atoms with Gasteiger partial charge in [0.2, 0.25) is 0 Å². The minimum absolute atomic E-state index is 0.117. The van der Waals surface area contributed by atoms with Crippen molar-refractivity contribution in [3.05, 3.63) is 346 Å². The number of fused-ring (bicyclic) bond motifs is 17. The third-order valence-electron chi connectivity index (χ3n) is 19.9. The summed E-state index contributed by atoms with van der Waals surface area (Å²) in [6, 6.07) is 105. The molecule has 2 aliphatic heterocycles. The average molecular weight is 1210 g/mol. The fourth-order valence-corrected chi connectivity index (χ4v) is 16.0. The molecular weight excluding hydrogens is 1150 g/mol. The predicted molar refractivity (Wildman–Crippen MR) is 404 cm³/mol. The van der Waals surface area contributed by atoms with Crippen molar-refractivity contribution in [3.8, 4) is 50.2 Å². The van der Waals surface area contributed by atoms with Crippen molar-refractivity contribution >= 4 is 139 Å². The summed E-state index contributed by atoms with van der Waals surface area (Å²) in [5, 5.41) is 6.85. The van der Waals surface area contributed by atoms with Gasteiger partial charge in [-0.3, -0.25) is 0 Å². The molecule has 4 nitrogen and oxygen atoms in total. The Bertz CT molecular complexity index is 6680. The zero-order chi connectivity index (χ0) is 68.3. The van der Waals surface area contributed by atoms with Gasteiger partial charge in [-0.05, 0) is 138 Å². The molecule has 95 heavy (non-hydrogen) atoms. The Kier molecular flexibility index (Phi) is 10.3. The monoisotopic (exact) mass is 1210 g/mol. The summed E-state index contributed by atoms with van der Waals surface area (Å²) in [4.78, 5) is 4.94. The Balaban J connectivity index is 1.02. The Labute approximate surface area is 559 Å². The average Bonchev–Trinajstić information content (AvgIpc) is 1.22. The Morgan fingerprint density at radius 3 is 1.42 bits per heavy atom. The predicted octanol–water partition coefficient (Wildman–Crippen LogP) is 22.1. The van der Waals surface area contributed by atoms with Crippen molar-refractivity contribution in [2.45, 2.75) is 0 Å². The lowest BCUT2D eigenvalue weighted by Gasteiger charge is -2.45. The molecule has 18 aromatic rings. The summed E-state index contributed by atoms with van der Waals surface area (Å²) in [6.45, 7) is -0.496. The van der Waals surface area contributed by atoms with E-state index in [1.165, 1.54) is 0 Å². The van der Waals surface area contributed by atoms with E-state index in [4.69, 9.17) is 0 Å². The van der Waals surface area contributed by atoms with E-state index in [9.17, 15) is 9.60 Å². The van der Waals surface area contributed by atoms with Crippen LogP contribution in [0.4, 0.5) is 34.1 Å². The van der Waals surface area contributed by atoms with Crippen LogP contribution in [0.5, 0.6) is 0 Å². The maximum Gasteiger partial charge on any atom is 0.252 e. The first-order valence-corrected chi connectivity index (χ1v) is 32.4. The minimum atomic E-state index is -0.496. The molecule has 20 rings (SSSR count). The van der Waals surface area contributed by atoms with Gasteiger partial charge in [0.1, 0.15) is 0 Å². The van der Waals surface area contributed by atoms with Gasteiger partial charge >= 0.3 is 0 Å². The highest BCUT2D eigenvalue weighted by Crippen LogP contribution is 2.52. The van der Waals surface area contributed by atoms with Crippen LogP contribution in [0.25, 0.3) is 132 Å². The minimum Gasteiger partial charge on any atom is -0.311 e. The van der Waals surface area contributed by atoms with Crippen LogP contribution in [0.3, 0.4) is 0 Å². The molecule has 0 saturated heterocycles. The molecule has 0 bridgehead atoms. The molecule has 2 aliphatic rings. The molecule has 5 heterocycles. The first kappa shape index (κ1) is 46.6. The molecule has 0 saturated carbocycles. The number of hydrogen-bond acceptors (Lipinski definition) is 2. The normalized spacial score (nSPS) is 13.6. The van der Waals surface area contributed by atoms with Crippen LogP contribution >= 0.6 is 0 Å². The van der Waals surface area contributed by atoms with Gasteiger partial charge in [-0.15, -0.1) is 0 Å². The van der Waals surface area contributed by atoms with Crippen molar-refractivity contribution in [1.82, 2.24) is 8.97 Å². The maximum absolute atomic E-state index is 10.2. The number of benzene rings is 15. The molecule has 15 aromatic carbocycles. The molecule has 0 spiro atoms. The van der Waals surface area contributed by atoms with Gasteiger partial charge in [-0.2, -0.15) is 0 Å². The number of anilines is 6. The highest BCUT2D eigenvalue weighted by atomic mass is 15.2. The first-order valence-electron chi connectivity index (χ1n) is 35.9. The lowest BCUT2D eigenvalue weighted by molar-refractivity contribution is 1.18. The van der Waals surface area contributed by atoms with E-state index >= 15 is 0 Å². The van der Waals surface area contributed by atoms with Crippen molar-refractivity contribution < 1.29 is 9.60 Å². The van der Waals surface area contributed by atoms with Gasteiger partial charge in [0.05, 0.1) is 48.6 Å². The van der Waals surface area contributed by atoms with E-state index in [2.05, 4.69) is 281 Å². The van der Waals surface area contributed by atoms with Crippen molar-refractivity contribution in [2.24, 2.45) is 0 Å². The highest BCUT2D eigenvalue weighted by molar-refractivity contribution is 7.00. The van der Waals surface area contributed by atoms with Gasteiger partial charge in [0.15, 0.2) is 0 Å². The van der Waals surface area contributed by atoms with Crippen molar-refractivity contribution in [1.29, 1.82) is 0 Å². The second kappa shape index (κ2) is 21.1. The van der Waals surface area contributed by atoms with Crippen LogP contribution in [0.15, 0.2) is 346 Å². The van der Waals surface area contributed by atoms with Crippen LogP contribution in [-0.4, -0.2) is 15.7 Å². The molecule has 0 radical (unpaired) electrons. The van der Waals surface area contributed by atoms with Gasteiger partial charge in [-0.25, -0.2) is 0 Å². The maximum atomic E-state index is 10.2. The van der Waals surface area contributed by atoms with Crippen LogP contribution in [-0.2, 0) is 0 Å². The molecule has 0 N–H and O–H groups in total. The molecule has 0 unspecified atom stereocenters. The fraction of sp³-hybridized carbons (Fsp3) is 0. The number of hydrogen-bond donors (Lipinski definition) is 0. The second-order valence-corrected chi connectivity index (χ2v) is 24.9. The lowest BCUT2D eigenvalue weighted by atomic mass is 9.33. The van der Waals surface area contributed by atoms with Gasteiger partial charge in [0, 0.05) is 71.9 Å². The third kappa shape index (κ3) is 7.97. The van der Waals surface area contributed by atoms with E-state index in [1.807, 2.05) is 40.8 Å². The van der Waals surface area contributed by atoms with E-state index in [-0.39, 0.29) is 46.5 Å². The number of para-hydroxylation sites is 6. The van der Waals surface area contributed by atoms with Crippen molar-refractivity contribution in [2.75, 3.05) is 9.80 Å². The SMILES string of the molecule is [2H]c1c([2H])c([2H])c2c(c1[2H])c1c([2H])c([2H])c([2H])c3c4ccccc4c4ccccc4c4cc5c(cc4n2c31)N(c1ccccc1-c1ccccc1)c1cc(-c2ccccc2)cc2c1B5c1cc(-c3cccc4c3c3ccccc3n4-c3ccccc3)ccc1N2c1ccccc1-c1ccccc1. The summed E-state index contributed by atoms with van der Waals surface area (Å²) >= 11 is 0. The summed E-state index contributed by atoms with van der Waals surface area (Å²) in [7, 11) is 0. The van der Waals surface area contributed by atoms with E-state index < -0.39 is 18.8 Å². The number of nitrogens with zero attached hydrogens (tertiary/aromatic N) is 4. The van der Waals surface area contributed by atoms with Crippen LogP contribution < -0.4 is 26.2 Å². The third-order valence-corrected chi connectivity index (χ3v) is 19.9. The molecule has 0 amide bonds. The molecule has 0 fully saturated rings. The van der Waals surface area contributed by atoms with Gasteiger partial charge < -0.3 is 18.8 Å². The number of rotatable bonds is 7. The summed E-state index contributed by atoms with van der Waals surface area (Å²) in [5.74, 6) is 0. The zero-order valence-electron chi connectivity index (χ0n) is 58.2. The van der Waals surface area contributed by atoms with Crippen LogP contribution in [0.2, 0.25) is 0 Å². The molecule has 0 atom stereocenters. The zero-order valence-corrected chi connectivity index (χ0v) is 51.2. The standard InChI is InChI=1S/C90H57BN4/c1-5-27-58(28-6-1)62-54-86-89-87(55-62)94(79-47-22-18-36-65(79)60-31-9-3-10-32-60)85-57-84-75(70-40-16-14-38-68(70)67-37-13-15-39-69(67)72-44-25-45-73-71-41-19-23-48-80(71)95(84)90(72)73)56-77(85)91(89)76-53-61(51-52-82(76)93(86)78-46-21-17-35-64(78)59-29-7-2-8-30-59)66-43-26-50-83-88(66)74-42-20-24-49-81(74)92(83)63-33-11-4-12-34-63/h1-57H/i19D,23D,25D,41D,44D,45D,48D. The van der Waals surface area contributed by atoms with E-state index in [0.29, 0.717) is 21.8 Å². The molecular formula is C90H57BN4. The second-order valence-electron chi connectivity index (χ2n) is 24.9. The van der Waals surface area contributed by atoms with Crippen molar-refractivity contribution in [3.63, 3.8) is 0 Å². The van der Waals surface area contributed by atoms with E-state index in [1.54, 1.807) is 0 Å². The van der Waals surface area contributed by atoms with Crippen LogP contribution in [0.1, 0.15) is 9.60 Å². The fourth-order valence-electron chi connectivity index (χ4n) is 16.0. The molecule has 3 aromatic heterocycles. The Morgan fingerprint density at radius 2 is 0.758 bits per heavy atom. The topological polar surface area (TPSA) is 15.8 Å². The molecule has 5 heteroatoms. The van der Waals surface area contributed by atoms with E-state index in [0.717, 1.165) is 144 Å². The Morgan fingerprint density at radius 1 is 0.263 bits per heavy atom. The smallest absolute Gasteiger partial charge is 0.252 e. The quantitative estimate of drug-likeness (QED) is 0.148. The largest absolute Gasteiger partial charge is 0.311 e. The van der Waals surface area contributed by atoms with Gasteiger partial charge in [-0.1, -0.05) is 279 Å². The van der Waals surface area contributed by atoms with Crippen LogP contribution in [0, 0.1) is 0 Å². The summed E-state index contributed by atoms with van der Waals surface area (Å²) in [6.07, 6.45) is 0. The summed E-state index contributed by atoms with van der Waals surface area (Å²) < 4.78 is 72.8. The Hall–Kier alpha value is -12.4. The highest BCUT2D eigenvalue weighted by Gasteiger charge is 2.45. The molecule has 0 aliphatic carbocycles. The summed E-state index contributed by atoms with van der Waals surface area (Å²) in [5.41, 5.74) is 21.4. The molecule has 440 valence electrons. The lowest BCUT2D eigenvalue weighted by Crippen LogP contribution is -2.61. The van der Waals surface area contributed by atoms with Gasteiger partial charge in [0.25, 0.3) is 6.71 Å². The number of aromatic nitrogens is 2. The first-order chi connectivity index (χ1) is 50.1.